The highest BCUT2D eigenvalue weighted by Gasteiger charge is 2.08. The lowest BCUT2D eigenvalue weighted by molar-refractivity contribution is 0.324. The molecular formula is C10H17NO3. The zero-order chi connectivity index (χ0) is 11.0. The van der Waals surface area contributed by atoms with Gasteiger partial charge in [-0.05, 0) is 19.2 Å². The third kappa shape index (κ3) is 2.81. The van der Waals surface area contributed by atoms with Gasteiger partial charge in [0.2, 0.25) is 5.75 Å². The van der Waals surface area contributed by atoms with Crippen LogP contribution in [0.4, 0.5) is 0 Å². The Morgan fingerprint density at radius 1 is 0.857 bits per heavy atom. The predicted octanol–water partition coefficient (Wildman–Crippen LogP) is 1.29. The third-order valence-electron chi connectivity index (χ3n) is 1.59. The van der Waals surface area contributed by atoms with E-state index < -0.39 is 0 Å². The summed E-state index contributed by atoms with van der Waals surface area (Å²) < 4.78 is 15.3. The Hall–Kier alpha value is -1.42. The van der Waals surface area contributed by atoms with Crippen LogP contribution in [0.5, 0.6) is 17.2 Å². The molecule has 0 atom stereocenters. The summed E-state index contributed by atoms with van der Waals surface area (Å²) in [5.41, 5.74) is 4.50. The minimum Gasteiger partial charge on any atom is -0.493 e. The third-order valence-corrected chi connectivity index (χ3v) is 1.59. The van der Waals surface area contributed by atoms with Crippen LogP contribution in [-0.2, 0) is 0 Å². The largest absolute Gasteiger partial charge is 0.493 e. The van der Waals surface area contributed by atoms with Gasteiger partial charge in [0, 0.05) is 0 Å². The molecule has 0 heterocycles. The molecule has 0 saturated carbocycles. The fourth-order valence-corrected chi connectivity index (χ4v) is 1.02. The summed E-state index contributed by atoms with van der Waals surface area (Å²) in [5, 5.41) is 0. The predicted molar refractivity (Wildman–Crippen MR) is 56.2 cm³/mol. The Morgan fingerprint density at radius 3 is 1.57 bits per heavy atom. The summed E-state index contributed by atoms with van der Waals surface area (Å²) in [6.07, 6.45) is 0. The summed E-state index contributed by atoms with van der Waals surface area (Å²) in [5.74, 6) is 1.98. The van der Waals surface area contributed by atoms with Crippen molar-refractivity contribution in [3.8, 4) is 17.2 Å². The van der Waals surface area contributed by atoms with E-state index in [-0.39, 0.29) is 0 Å². The number of hydrogen-bond acceptors (Lipinski definition) is 4. The number of nitrogens with two attached hydrogens (primary N) is 1. The number of ether oxygens (including phenoxy) is 3. The molecule has 1 aromatic carbocycles. The minimum absolute atomic E-state index is 0.627. The second-order valence-electron chi connectivity index (χ2n) is 2.20. The van der Waals surface area contributed by atoms with Crippen LogP contribution in [0.1, 0.15) is 0 Å². The first kappa shape index (κ1) is 12.6. The zero-order valence-electron chi connectivity index (χ0n) is 9.03. The van der Waals surface area contributed by atoms with E-state index in [9.17, 15) is 0 Å². The lowest BCUT2D eigenvalue weighted by atomic mass is 10.3. The summed E-state index contributed by atoms with van der Waals surface area (Å²) in [6, 6.07) is 5.49. The van der Waals surface area contributed by atoms with Crippen molar-refractivity contribution in [3.05, 3.63) is 18.2 Å². The lowest BCUT2D eigenvalue weighted by Gasteiger charge is -2.10. The smallest absolute Gasteiger partial charge is 0.203 e. The van der Waals surface area contributed by atoms with Crippen LogP contribution in [0.15, 0.2) is 18.2 Å². The van der Waals surface area contributed by atoms with Gasteiger partial charge in [0.15, 0.2) is 11.5 Å². The van der Waals surface area contributed by atoms with Gasteiger partial charge in [0.1, 0.15) is 0 Å². The number of methoxy groups -OCH3 is 3. The fraction of sp³-hybridized carbons (Fsp3) is 0.400. The van der Waals surface area contributed by atoms with E-state index in [1.54, 1.807) is 21.3 Å². The monoisotopic (exact) mass is 199 g/mol. The van der Waals surface area contributed by atoms with Crippen LogP contribution < -0.4 is 19.9 Å². The Bertz CT molecular complexity index is 241. The van der Waals surface area contributed by atoms with Gasteiger partial charge in [-0.2, -0.15) is 0 Å². The van der Waals surface area contributed by atoms with Crippen LogP contribution in [0.3, 0.4) is 0 Å². The van der Waals surface area contributed by atoms with Gasteiger partial charge in [-0.1, -0.05) is 6.07 Å². The van der Waals surface area contributed by atoms with E-state index in [4.69, 9.17) is 14.2 Å². The first-order chi connectivity index (χ1) is 6.83. The van der Waals surface area contributed by atoms with Gasteiger partial charge in [0.25, 0.3) is 0 Å². The molecule has 80 valence electrons. The lowest BCUT2D eigenvalue weighted by Crippen LogP contribution is -1.93. The average Bonchev–Trinajstić information content (AvgIpc) is 2.30. The molecule has 2 N–H and O–H groups in total. The van der Waals surface area contributed by atoms with Crippen molar-refractivity contribution < 1.29 is 14.2 Å². The number of benzene rings is 1. The molecule has 0 spiro atoms. The topological polar surface area (TPSA) is 53.7 Å². The van der Waals surface area contributed by atoms with E-state index in [0.717, 1.165) is 0 Å². The quantitative estimate of drug-likeness (QED) is 0.797. The summed E-state index contributed by atoms with van der Waals surface area (Å²) in [4.78, 5) is 0. The molecule has 4 heteroatoms. The van der Waals surface area contributed by atoms with Crippen molar-refractivity contribution in [2.45, 2.75) is 0 Å². The van der Waals surface area contributed by atoms with E-state index in [1.807, 2.05) is 18.2 Å². The second kappa shape index (κ2) is 7.03. The molecule has 0 bridgehead atoms. The highest BCUT2D eigenvalue weighted by Crippen LogP contribution is 2.35. The standard InChI is InChI=1S/C9H12O3.CH5N/c1-10-7-5-4-6-8(11-2)9(7)12-3;1-2/h4-6H,1-3H3;2H2,1H3. The Kier molecular flexibility index (Phi) is 6.32. The van der Waals surface area contributed by atoms with Crippen molar-refractivity contribution in [3.63, 3.8) is 0 Å². The molecule has 0 aromatic heterocycles. The first-order valence-electron chi connectivity index (χ1n) is 4.16. The van der Waals surface area contributed by atoms with Crippen LogP contribution in [-0.4, -0.2) is 28.4 Å². The van der Waals surface area contributed by atoms with Crippen molar-refractivity contribution in [1.29, 1.82) is 0 Å². The molecule has 0 radical (unpaired) electrons. The van der Waals surface area contributed by atoms with Crippen molar-refractivity contribution in [2.75, 3.05) is 28.4 Å². The first-order valence-corrected chi connectivity index (χ1v) is 4.16. The summed E-state index contributed by atoms with van der Waals surface area (Å²) in [6.45, 7) is 0. The van der Waals surface area contributed by atoms with Crippen LogP contribution >= 0.6 is 0 Å². The highest BCUT2D eigenvalue weighted by molar-refractivity contribution is 5.50. The Balaban J connectivity index is 0.000000791. The van der Waals surface area contributed by atoms with Gasteiger partial charge in [-0.15, -0.1) is 0 Å². The molecule has 1 aromatic rings. The molecule has 0 aliphatic rings. The normalized spacial score (nSPS) is 8.36. The van der Waals surface area contributed by atoms with Crippen LogP contribution in [0, 0.1) is 0 Å². The van der Waals surface area contributed by atoms with E-state index in [1.165, 1.54) is 7.05 Å². The second-order valence-corrected chi connectivity index (χ2v) is 2.20. The van der Waals surface area contributed by atoms with E-state index >= 15 is 0 Å². The van der Waals surface area contributed by atoms with E-state index in [2.05, 4.69) is 5.73 Å². The number of para-hydroxylation sites is 1. The van der Waals surface area contributed by atoms with Gasteiger partial charge >= 0.3 is 0 Å². The molecule has 0 fully saturated rings. The molecule has 1 rings (SSSR count). The van der Waals surface area contributed by atoms with Gasteiger partial charge < -0.3 is 19.9 Å². The van der Waals surface area contributed by atoms with Crippen molar-refractivity contribution in [2.24, 2.45) is 5.73 Å². The molecule has 0 aliphatic carbocycles. The van der Waals surface area contributed by atoms with Gasteiger partial charge in [-0.25, -0.2) is 0 Å². The maximum atomic E-state index is 5.11. The van der Waals surface area contributed by atoms with Crippen molar-refractivity contribution in [1.82, 2.24) is 0 Å². The molecule has 4 nitrogen and oxygen atoms in total. The highest BCUT2D eigenvalue weighted by atomic mass is 16.5. The Morgan fingerprint density at radius 2 is 1.29 bits per heavy atom. The van der Waals surface area contributed by atoms with Crippen molar-refractivity contribution >= 4 is 0 Å². The van der Waals surface area contributed by atoms with E-state index in [0.29, 0.717) is 17.2 Å². The average molecular weight is 199 g/mol. The molecule has 0 amide bonds. The minimum atomic E-state index is 0.627. The molecule has 0 saturated heterocycles. The molecular weight excluding hydrogens is 182 g/mol. The summed E-state index contributed by atoms with van der Waals surface area (Å²) >= 11 is 0. The zero-order valence-corrected chi connectivity index (χ0v) is 9.03. The Labute approximate surface area is 84.6 Å². The van der Waals surface area contributed by atoms with Crippen LogP contribution in [0.2, 0.25) is 0 Å². The number of rotatable bonds is 3. The van der Waals surface area contributed by atoms with Gasteiger partial charge in [0.05, 0.1) is 21.3 Å². The molecule has 0 aliphatic heterocycles. The maximum Gasteiger partial charge on any atom is 0.203 e. The maximum absolute atomic E-state index is 5.11. The number of hydrogen-bond donors (Lipinski definition) is 1. The van der Waals surface area contributed by atoms with Gasteiger partial charge in [-0.3, -0.25) is 0 Å². The fourth-order valence-electron chi connectivity index (χ4n) is 1.02. The summed E-state index contributed by atoms with van der Waals surface area (Å²) in [7, 11) is 6.27. The SMILES string of the molecule is CN.COc1cccc(OC)c1OC. The molecule has 0 unspecified atom stereocenters. The van der Waals surface area contributed by atoms with Crippen LogP contribution in [0.25, 0.3) is 0 Å². The molecule has 14 heavy (non-hydrogen) atoms.